The first kappa shape index (κ1) is 16.2. The monoisotopic (exact) mass is 288 g/mol. The van der Waals surface area contributed by atoms with Crippen LogP contribution in [-0.4, -0.2) is 56.0 Å². The number of nitrogens with one attached hydrogen (secondary N) is 2. The molecule has 1 aliphatic rings. The lowest BCUT2D eigenvalue weighted by molar-refractivity contribution is -0.147. The van der Waals surface area contributed by atoms with Gasteiger partial charge in [0, 0.05) is 13.2 Å². The molecule has 2 amide bonds. The van der Waals surface area contributed by atoms with Crippen LogP contribution in [0.3, 0.4) is 0 Å². The van der Waals surface area contributed by atoms with Crippen molar-refractivity contribution in [3.8, 4) is 0 Å². The Hall–Kier alpha value is -1.83. The van der Waals surface area contributed by atoms with Crippen molar-refractivity contribution >= 4 is 18.0 Å². The fraction of sp³-hybridized carbons (Fsp3) is 0.750. The van der Waals surface area contributed by atoms with Crippen molar-refractivity contribution in [1.82, 2.24) is 10.6 Å². The van der Waals surface area contributed by atoms with Gasteiger partial charge in [-0.05, 0) is 18.8 Å². The predicted octanol–water partition coefficient (Wildman–Crippen LogP) is -0.271. The molecule has 3 N–H and O–H groups in total. The molecule has 1 heterocycles. The Morgan fingerprint density at radius 2 is 2.20 bits per heavy atom. The number of aliphatic carboxylic acids is 1. The molecule has 2 atom stereocenters. The summed E-state index contributed by atoms with van der Waals surface area (Å²) in [6, 6.07) is -1.92. The molecule has 0 aromatic carbocycles. The van der Waals surface area contributed by atoms with Gasteiger partial charge < -0.3 is 25.2 Å². The van der Waals surface area contributed by atoms with Crippen LogP contribution >= 0.6 is 0 Å². The molecule has 114 valence electrons. The fourth-order valence-electron chi connectivity index (χ4n) is 1.86. The second-order valence-corrected chi connectivity index (χ2v) is 4.61. The maximum absolute atomic E-state index is 11.6. The summed E-state index contributed by atoms with van der Waals surface area (Å²) >= 11 is 0. The summed E-state index contributed by atoms with van der Waals surface area (Å²) in [5.41, 5.74) is 0. The molecule has 20 heavy (non-hydrogen) atoms. The van der Waals surface area contributed by atoms with E-state index in [2.05, 4.69) is 15.4 Å². The highest BCUT2D eigenvalue weighted by Gasteiger charge is 2.24. The molecular formula is C12H20N2O6. The molecule has 0 aromatic rings. The van der Waals surface area contributed by atoms with Gasteiger partial charge in [0.15, 0.2) is 0 Å². The van der Waals surface area contributed by atoms with Gasteiger partial charge in [0.2, 0.25) is 0 Å². The molecular weight excluding hydrogens is 268 g/mol. The number of rotatable bonds is 6. The van der Waals surface area contributed by atoms with Crippen molar-refractivity contribution in [3.63, 3.8) is 0 Å². The molecule has 0 aromatic heterocycles. The molecule has 1 unspecified atom stereocenters. The third-order valence-electron chi connectivity index (χ3n) is 3.01. The van der Waals surface area contributed by atoms with E-state index in [1.54, 1.807) is 0 Å². The number of carboxylic acid groups (broad SMARTS) is 1. The predicted molar refractivity (Wildman–Crippen MR) is 68.1 cm³/mol. The number of carbonyl (C=O) groups is 3. The number of carbonyl (C=O) groups excluding carboxylic acids is 2. The Kier molecular flexibility index (Phi) is 6.78. The lowest BCUT2D eigenvalue weighted by Gasteiger charge is -2.22. The molecule has 1 fully saturated rings. The minimum Gasteiger partial charge on any atom is -0.480 e. The number of hydrogen-bond acceptors (Lipinski definition) is 5. The second-order valence-electron chi connectivity index (χ2n) is 4.61. The van der Waals surface area contributed by atoms with Crippen LogP contribution in [0.25, 0.3) is 0 Å². The van der Waals surface area contributed by atoms with Gasteiger partial charge in [0.05, 0.1) is 20.1 Å². The van der Waals surface area contributed by atoms with Crippen LogP contribution in [0.4, 0.5) is 4.79 Å². The van der Waals surface area contributed by atoms with Crippen molar-refractivity contribution in [2.75, 3.05) is 26.9 Å². The summed E-state index contributed by atoms with van der Waals surface area (Å²) in [5, 5.41) is 13.7. The first-order valence-electron chi connectivity index (χ1n) is 6.44. The van der Waals surface area contributed by atoms with Crippen LogP contribution in [0, 0.1) is 5.92 Å². The number of hydrogen-bond donors (Lipinski definition) is 3. The van der Waals surface area contributed by atoms with E-state index < -0.39 is 30.4 Å². The van der Waals surface area contributed by atoms with Gasteiger partial charge in [-0.25, -0.2) is 9.59 Å². The number of esters is 1. The largest absolute Gasteiger partial charge is 0.480 e. The molecule has 0 spiro atoms. The van der Waals surface area contributed by atoms with Gasteiger partial charge in [0.1, 0.15) is 6.04 Å². The maximum atomic E-state index is 11.6. The standard InChI is InChI=1S/C12H20N2O6/c1-19-10(15)5-9(11(16)17)14-12(18)13-6-8-3-2-4-20-7-8/h8-9H,2-7H2,1H3,(H,16,17)(H2,13,14,18)/t8?,9-/m0/s1. The van der Waals surface area contributed by atoms with E-state index in [0.29, 0.717) is 13.2 Å². The van der Waals surface area contributed by atoms with Crippen molar-refractivity contribution < 1.29 is 29.0 Å². The van der Waals surface area contributed by atoms with Gasteiger partial charge in [-0.1, -0.05) is 0 Å². The summed E-state index contributed by atoms with van der Waals surface area (Å²) < 4.78 is 9.65. The molecule has 0 bridgehead atoms. The van der Waals surface area contributed by atoms with Gasteiger partial charge in [-0.15, -0.1) is 0 Å². The van der Waals surface area contributed by atoms with Crippen LogP contribution < -0.4 is 10.6 Å². The minimum atomic E-state index is -1.30. The van der Waals surface area contributed by atoms with E-state index in [1.165, 1.54) is 0 Å². The Balaban J connectivity index is 2.33. The number of methoxy groups -OCH3 is 1. The Morgan fingerprint density at radius 3 is 2.75 bits per heavy atom. The third-order valence-corrected chi connectivity index (χ3v) is 3.01. The third kappa shape index (κ3) is 5.87. The summed E-state index contributed by atoms with van der Waals surface area (Å²) in [5.74, 6) is -1.75. The van der Waals surface area contributed by atoms with Crippen molar-refractivity contribution in [2.45, 2.75) is 25.3 Å². The highest BCUT2D eigenvalue weighted by molar-refractivity contribution is 5.86. The highest BCUT2D eigenvalue weighted by Crippen LogP contribution is 2.11. The molecule has 8 nitrogen and oxygen atoms in total. The van der Waals surface area contributed by atoms with Gasteiger partial charge in [0.25, 0.3) is 0 Å². The average molecular weight is 288 g/mol. The quantitative estimate of drug-likeness (QED) is 0.580. The zero-order valence-electron chi connectivity index (χ0n) is 11.4. The zero-order valence-corrected chi connectivity index (χ0v) is 11.4. The number of urea groups is 1. The zero-order chi connectivity index (χ0) is 15.0. The molecule has 0 saturated carbocycles. The smallest absolute Gasteiger partial charge is 0.326 e. The fourth-order valence-corrected chi connectivity index (χ4v) is 1.86. The lowest BCUT2D eigenvalue weighted by atomic mass is 10.0. The van der Waals surface area contributed by atoms with Crippen molar-refractivity contribution in [3.05, 3.63) is 0 Å². The van der Waals surface area contributed by atoms with Crippen LogP contribution in [0.15, 0.2) is 0 Å². The summed E-state index contributed by atoms with van der Waals surface area (Å²) in [6.45, 7) is 1.74. The van der Waals surface area contributed by atoms with E-state index in [-0.39, 0.29) is 5.92 Å². The molecule has 1 saturated heterocycles. The molecule has 0 aliphatic carbocycles. The van der Waals surface area contributed by atoms with Gasteiger partial charge in [-0.2, -0.15) is 0 Å². The summed E-state index contributed by atoms with van der Waals surface area (Å²) in [7, 11) is 1.16. The lowest BCUT2D eigenvalue weighted by Crippen LogP contribution is -2.48. The van der Waals surface area contributed by atoms with E-state index in [0.717, 1.165) is 26.6 Å². The number of amides is 2. The van der Waals surface area contributed by atoms with Crippen molar-refractivity contribution in [1.29, 1.82) is 0 Å². The van der Waals surface area contributed by atoms with Gasteiger partial charge >= 0.3 is 18.0 Å². The molecule has 1 aliphatic heterocycles. The molecule has 1 rings (SSSR count). The Morgan fingerprint density at radius 1 is 1.45 bits per heavy atom. The minimum absolute atomic E-state index is 0.235. The number of carboxylic acids is 1. The maximum Gasteiger partial charge on any atom is 0.326 e. The van der Waals surface area contributed by atoms with Crippen LogP contribution in [0.1, 0.15) is 19.3 Å². The SMILES string of the molecule is COC(=O)C[C@H](NC(=O)NCC1CCCOC1)C(=O)O. The summed E-state index contributed by atoms with van der Waals surface area (Å²) in [4.78, 5) is 33.6. The Labute approximate surface area is 116 Å². The van der Waals surface area contributed by atoms with E-state index in [9.17, 15) is 14.4 Å². The highest BCUT2D eigenvalue weighted by atomic mass is 16.5. The number of ether oxygens (including phenoxy) is 2. The first-order chi connectivity index (χ1) is 9.52. The van der Waals surface area contributed by atoms with E-state index in [4.69, 9.17) is 9.84 Å². The normalized spacial score (nSPS) is 19.8. The second kappa shape index (κ2) is 8.36. The van der Waals surface area contributed by atoms with Gasteiger partial charge in [-0.3, -0.25) is 4.79 Å². The van der Waals surface area contributed by atoms with E-state index in [1.807, 2.05) is 0 Å². The van der Waals surface area contributed by atoms with Crippen LogP contribution in [0.2, 0.25) is 0 Å². The molecule has 8 heteroatoms. The van der Waals surface area contributed by atoms with E-state index >= 15 is 0 Å². The summed E-state index contributed by atoms with van der Waals surface area (Å²) in [6.07, 6.45) is 1.50. The first-order valence-corrected chi connectivity index (χ1v) is 6.44. The van der Waals surface area contributed by atoms with Crippen LogP contribution in [-0.2, 0) is 19.1 Å². The van der Waals surface area contributed by atoms with Crippen molar-refractivity contribution in [2.24, 2.45) is 5.92 Å². The topological polar surface area (TPSA) is 114 Å². The molecule has 0 radical (unpaired) electrons. The van der Waals surface area contributed by atoms with Crippen LogP contribution in [0.5, 0.6) is 0 Å². The Bertz CT molecular complexity index is 354. The average Bonchev–Trinajstić information content (AvgIpc) is 2.45.